The van der Waals surface area contributed by atoms with Crippen molar-refractivity contribution in [1.29, 1.82) is 0 Å². The third kappa shape index (κ3) is 4.18. The van der Waals surface area contributed by atoms with E-state index in [1.54, 1.807) is 11.0 Å². The Labute approximate surface area is 112 Å². The lowest BCUT2D eigenvalue weighted by Gasteiger charge is -2.20. The molecular weight excluding hydrogens is 248 g/mol. The minimum atomic E-state index is -0.100. The minimum absolute atomic E-state index is 0.100. The largest absolute Gasteiger partial charge is 0.346 e. The number of hydrogen-bond acceptors (Lipinski definition) is 4. The van der Waals surface area contributed by atoms with Crippen LogP contribution in [-0.2, 0) is 0 Å². The molecule has 0 N–H and O–H groups in total. The fourth-order valence-corrected chi connectivity index (χ4v) is 2.06. The van der Waals surface area contributed by atoms with Crippen LogP contribution in [0.15, 0.2) is 24.1 Å². The van der Waals surface area contributed by atoms with Gasteiger partial charge in [0.25, 0.3) is 0 Å². The maximum absolute atomic E-state index is 12.2. The van der Waals surface area contributed by atoms with Crippen LogP contribution in [-0.4, -0.2) is 44.5 Å². The van der Waals surface area contributed by atoms with Crippen LogP contribution in [0.4, 0.5) is 4.79 Å². The highest BCUT2D eigenvalue weighted by Crippen LogP contribution is 2.11. The predicted molar refractivity (Wildman–Crippen MR) is 73.9 cm³/mol. The minimum Gasteiger partial charge on any atom is -0.323 e. The molecule has 0 spiro atoms. The molecule has 6 heteroatoms. The first-order valence-corrected chi connectivity index (χ1v) is 7.16. The van der Waals surface area contributed by atoms with E-state index in [1.165, 1.54) is 22.8 Å². The van der Waals surface area contributed by atoms with Crippen molar-refractivity contribution >= 4 is 17.8 Å². The number of rotatable bonds is 7. The van der Waals surface area contributed by atoms with Crippen LogP contribution >= 0.6 is 11.8 Å². The van der Waals surface area contributed by atoms with Gasteiger partial charge < -0.3 is 4.90 Å². The summed E-state index contributed by atoms with van der Waals surface area (Å²) in [6.45, 7) is 9.26. The summed E-state index contributed by atoms with van der Waals surface area (Å²) in [5, 5.41) is 4.77. The van der Waals surface area contributed by atoms with E-state index in [0.717, 1.165) is 31.7 Å². The van der Waals surface area contributed by atoms with E-state index in [9.17, 15) is 4.79 Å². The molecule has 0 radical (unpaired) electrons. The molecule has 0 saturated carbocycles. The maximum Gasteiger partial charge on any atom is 0.346 e. The van der Waals surface area contributed by atoms with E-state index < -0.39 is 0 Å². The molecule has 1 aromatic heterocycles. The van der Waals surface area contributed by atoms with Crippen molar-refractivity contribution in [2.75, 3.05) is 18.8 Å². The van der Waals surface area contributed by atoms with Crippen LogP contribution < -0.4 is 0 Å². The summed E-state index contributed by atoms with van der Waals surface area (Å²) >= 11 is 1.47. The molecule has 100 valence electrons. The smallest absolute Gasteiger partial charge is 0.323 e. The fourth-order valence-electron chi connectivity index (χ4n) is 1.53. The van der Waals surface area contributed by atoms with Gasteiger partial charge in [0.05, 0.1) is 0 Å². The van der Waals surface area contributed by atoms with Gasteiger partial charge in [-0.1, -0.05) is 31.7 Å². The number of carbonyl (C=O) groups is 1. The first-order chi connectivity index (χ1) is 8.72. The molecule has 5 nitrogen and oxygen atoms in total. The molecule has 0 atom stereocenters. The second-order valence-corrected chi connectivity index (χ2v) is 4.83. The summed E-state index contributed by atoms with van der Waals surface area (Å²) in [4.78, 5) is 18.1. The van der Waals surface area contributed by atoms with E-state index in [4.69, 9.17) is 0 Å². The molecule has 0 saturated heterocycles. The molecule has 0 aliphatic heterocycles. The van der Waals surface area contributed by atoms with E-state index in [-0.39, 0.29) is 6.03 Å². The van der Waals surface area contributed by atoms with Gasteiger partial charge in [0.2, 0.25) is 5.16 Å². The molecule has 18 heavy (non-hydrogen) atoms. The summed E-state index contributed by atoms with van der Waals surface area (Å²) < 4.78 is 1.32. The number of nitrogens with zero attached hydrogens (tertiary/aromatic N) is 4. The Kier molecular flexibility index (Phi) is 6.49. The lowest BCUT2D eigenvalue weighted by atomic mass is 10.4. The van der Waals surface area contributed by atoms with Crippen molar-refractivity contribution in [2.24, 2.45) is 0 Å². The van der Waals surface area contributed by atoms with Crippen LogP contribution in [0.3, 0.4) is 0 Å². The zero-order valence-corrected chi connectivity index (χ0v) is 11.8. The number of amides is 1. The highest BCUT2D eigenvalue weighted by molar-refractivity contribution is 7.99. The number of carbonyl (C=O) groups excluding carboxylic acids is 1. The van der Waals surface area contributed by atoms with Gasteiger partial charge in [0.1, 0.15) is 6.33 Å². The molecule has 0 unspecified atom stereocenters. The van der Waals surface area contributed by atoms with Crippen molar-refractivity contribution in [3.63, 3.8) is 0 Å². The SMILES string of the molecule is C=CCSc1ncn(C(=O)N(CCC)CCC)n1. The quantitative estimate of drug-likeness (QED) is 0.563. The monoisotopic (exact) mass is 268 g/mol. The van der Waals surface area contributed by atoms with Gasteiger partial charge >= 0.3 is 6.03 Å². The van der Waals surface area contributed by atoms with Crippen molar-refractivity contribution < 1.29 is 4.79 Å². The molecule has 0 fully saturated rings. The zero-order valence-electron chi connectivity index (χ0n) is 11.0. The number of aromatic nitrogens is 3. The van der Waals surface area contributed by atoms with Crippen LogP contribution in [0.5, 0.6) is 0 Å². The van der Waals surface area contributed by atoms with Gasteiger partial charge in [-0.25, -0.2) is 9.78 Å². The van der Waals surface area contributed by atoms with Crippen LogP contribution in [0.1, 0.15) is 26.7 Å². The topological polar surface area (TPSA) is 51.0 Å². The van der Waals surface area contributed by atoms with Crippen molar-refractivity contribution in [3.05, 3.63) is 19.0 Å². The summed E-state index contributed by atoms with van der Waals surface area (Å²) in [5.74, 6) is 0.742. The van der Waals surface area contributed by atoms with Crippen LogP contribution in [0, 0.1) is 0 Å². The van der Waals surface area contributed by atoms with Crippen LogP contribution in [0.25, 0.3) is 0 Å². The Hall–Kier alpha value is -1.30. The Bertz CT molecular complexity index is 385. The highest BCUT2D eigenvalue weighted by Gasteiger charge is 2.15. The fraction of sp³-hybridized carbons (Fsp3) is 0.583. The Morgan fingerprint density at radius 3 is 2.72 bits per heavy atom. The average Bonchev–Trinajstić information content (AvgIpc) is 2.84. The van der Waals surface area contributed by atoms with Crippen molar-refractivity contribution in [2.45, 2.75) is 31.8 Å². The summed E-state index contributed by atoms with van der Waals surface area (Å²) in [6.07, 6.45) is 5.15. The van der Waals surface area contributed by atoms with E-state index in [2.05, 4.69) is 30.5 Å². The van der Waals surface area contributed by atoms with Crippen molar-refractivity contribution in [3.8, 4) is 0 Å². The summed E-state index contributed by atoms with van der Waals surface area (Å²) in [5.41, 5.74) is 0. The molecule has 1 aromatic rings. The molecule has 1 heterocycles. The summed E-state index contributed by atoms with van der Waals surface area (Å²) in [7, 11) is 0. The molecule has 0 aliphatic carbocycles. The normalized spacial score (nSPS) is 10.3. The Morgan fingerprint density at radius 2 is 2.17 bits per heavy atom. The summed E-state index contributed by atoms with van der Waals surface area (Å²) in [6, 6.07) is -0.100. The molecule has 1 rings (SSSR count). The number of thioether (sulfide) groups is 1. The van der Waals surface area contributed by atoms with Crippen molar-refractivity contribution in [1.82, 2.24) is 19.7 Å². The van der Waals surface area contributed by atoms with Gasteiger partial charge in [-0.05, 0) is 12.8 Å². The Morgan fingerprint density at radius 1 is 1.50 bits per heavy atom. The third-order valence-corrected chi connectivity index (χ3v) is 3.10. The molecule has 0 aliphatic rings. The lowest BCUT2D eigenvalue weighted by Crippen LogP contribution is -2.36. The Balaban J connectivity index is 2.68. The standard InChI is InChI=1S/C12H20N4OS/c1-4-7-15(8-5-2)12(17)16-10-13-11(14-16)18-9-6-3/h6,10H,3-5,7-9H2,1-2H3. The lowest BCUT2D eigenvalue weighted by molar-refractivity contribution is 0.196. The zero-order chi connectivity index (χ0) is 13.4. The van der Waals surface area contributed by atoms with Gasteiger partial charge in [0.15, 0.2) is 0 Å². The first-order valence-electron chi connectivity index (χ1n) is 6.17. The van der Waals surface area contributed by atoms with E-state index in [0.29, 0.717) is 5.16 Å². The molecular formula is C12H20N4OS. The molecule has 0 bridgehead atoms. The van der Waals surface area contributed by atoms with E-state index >= 15 is 0 Å². The van der Waals surface area contributed by atoms with Crippen LogP contribution in [0.2, 0.25) is 0 Å². The van der Waals surface area contributed by atoms with Gasteiger partial charge in [-0.15, -0.1) is 11.7 Å². The highest BCUT2D eigenvalue weighted by atomic mass is 32.2. The molecule has 0 aromatic carbocycles. The second kappa shape index (κ2) is 7.92. The number of hydrogen-bond donors (Lipinski definition) is 0. The van der Waals surface area contributed by atoms with Gasteiger partial charge in [-0.3, -0.25) is 0 Å². The van der Waals surface area contributed by atoms with E-state index in [1.807, 2.05) is 0 Å². The predicted octanol–water partition coefficient (Wildman–Crippen LogP) is 2.65. The second-order valence-electron chi connectivity index (χ2n) is 3.84. The van der Waals surface area contributed by atoms with Gasteiger partial charge in [-0.2, -0.15) is 4.68 Å². The maximum atomic E-state index is 12.2. The molecule has 1 amide bonds. The first kappa shape index (κ1) is 14.8. The average molecular weight is 268 g/mol. The third-order valence-electron chi connectivity index (χ3n) is 2.25. The van der Waals surface area contributed by atoms with Gasteiger partial charge in [0, 0.05) is 18.8 Å².